The lowest BCUT2D eigenvalue weighted by atomic mass is 10.0. The fourth-order valence-electron chi connectivity index (χ4n) is 2.14. The van der Waals surface area contributed by atoms with E-state index in [4.69, 9.17) is 0 Å². The Morgan fingerprint density at radius 1 is 1.39 bits per heavy atom. The third kappa shape index (κ3) is 2.80. The Morgan fingerprint density at radius 2 is 2.11 bits per heavy atom. The number of hydrogen-bond donors (Lipinski definition) is 2. The molecule has 1 heterocycles. The molecule has 1 saturated heterocycles. The van der Waals surface area contributed by atoms with Crippen LogP contribution in [-0.4, -0.2) is 41.1 Å². The zero-order chi connectivity index (χ0) is 13.0. The van der Waals surface area contributed by atoms with Crippen LogP contribution in [0.25, 0.3) is 0 Å². The van der Waals surface area contributed by atoms with Crippen LogP contribution in [0.2, 0.25) is 0 Å². The van der Waals surface area contributed by atoms with E-state index in [1.807, 2.05) is 30.3 Å². The number of carbonyl (C=O) groups excluding carboxylic acids is 1. The molecule has 1 aromatic rings. The van der Waals surface area contributed by atoms with Crippen molar-refractivity contribution in [1.82, 2.24) is 10.2 Å². The summed E-state index contributed by atoms with van der Waals surface area (Å²) in [6.07, 6.45) is 1.09. The van der Waals surface area contributed by atoms with Crippen LogP contribution in [-0.2, 0) is 11.2 Å². The predicted octanol–water partition coefficient (Wildman–Crippen LogP) is 1.10. The number of urea groups is 1. The first-order valence-corrected chi connectivity index (χ1v) is 5.99. The fourth-order valence-corrected chi connectivity index (χ4v) is 2.14. The molecule has 0 aliphatic carbocycles. The average Bonchev–Trinajstić information content (AvgIpc) is 2.77. The van der Waals surface area contributed by atoms with Crippen LogP contribution in [0.15, 0.2) is 30.3 Å². The highest BCUT2D eigenvalue weighted by Crippen LogP contribution is 2.12. The summed E-state index contributed by atoms with van der Waals surface area (Å²) in [6.45, 7) is 0.985. The summed E-state index contributed by atoms with van der Waals surface area (Å²) in [5, 5.41) is 11.8. The first-order valence-electron chi connectivity index (χ1n) is 5.99. The van der Waals surface area contributed by atoms with E-state index in [0.717, 1.165) is 5.56 Å². The molecule has 0 radical (unpaired) electrons. The Kier molecular flexibility index (Phi) is 3.82. The first-order chi connectivity index (χ1) is 8.68. The number of carbonyl (C=O) groups is 2. The number of aliphatic carboxylic acids is 1. The Bertz CT molecular complexity index is 433. The van der Waals surface area contributed by atoms with Gasteiger partial charge >= 0.3 is 12.0 Å². The molecule has 1 fully saturated rings. The van der Waals surface area contributed by atoms with Crippen molar-refractivity contribution in [2.45, 2.75) is 18.9 Å². The van der Waals surface area contributed by atoms with E-state index >= 15 is 0 Å². The van der Waals surface area contributed by atoms with Crippen LogP contribution >= 0.6 is 0 Å². The summed E-state index contributed by atoms with van der Waals surface area (Å²) in [7, 11) is 0. The molecule has 0 saturated carbocycles. The molecule has 5 heteroatoms. The second kappa shape index (κ2) is 5.53. The molecule has 1 unspecified atom stereocenters. The molecule has 1 atom stereocenters. The Morgan fingerprint density at radius 3 is 2.67 bits per heavy atom. The predicted molar refractivity (Wildman–Crippen MR) is 66.3 cm³/mol. The highest BCUT2D eigenvalue weighted by Gasteiger charge is 2.32. The van der Waals surface area contributed by atoms with Crippen molar-refractivity contribution >= 4 is 12.0 Å². The molecule has 1 aliphatic heterocycles. The number of hydrogen-bond acceptors (Lipinski definition) is 2. The maximum absolute atomic E-state index is 11.5. The second-order valence-electron chi connectivity index (χ2n) is 4.30. The molecular formula is C13H16N2O3. The standard InChI is InChI=1S/C13H16N2O3/c16-12(17)11(15-9-8-14-13(15)18)7-6-10-4-2-1-3-5-10/h1-5,11H,6-9H2,(H,14,18)(H,16,17). The summed E-state index contributed by atoms with van der Waals surface area (Å²) < 4.78 is 0. The Hall–Kier alpha value is -2.04. The fraction of sp³-hybridized carbons (Fsp3) is 0.385. The summed E-state index contributed by atoms with van der Waals surface area (Å²) >= 11 is 0. The number of nitrogens with one attached hydrogen (secondary N) is 1. The summed E-state index contributed by atoms with van der Waals surface area (Å²) in [6, 6.07) is 8.67. The van der Waals surface area contributed by atoms with Crippen molar-refractivity contribution in [2.75, 3.05) is 13.1 Å². The monoisotopic (exact) mass is 248 g/mol. The topological polar surface area (TPSA) is 69.6 Å². The zero-order valence-electron chi connectivity index (χ0n) is 10.0. The van der Waals surface area contributed by atoms with E-state index < -0.39 is 12.0 Å². The minimum Gasteiger partial charge on any atom is -0.480 e. The molecule has 1 aromatic carbocycles. The van der Waals surface area contributed by atoms with Crippen molar-refractivity contribution < 1.29 is 14.7 Å². The Labute approximate surface area is 105 Å². The Balaban J connectivity index is 1.99. The van der Waals surface area contributed by atoms with Crippen LogP contribution in [0.1, 0.15) is 12.0 Å². The number of carboxylic acids is 1. The van der Waals surface area contributed by atoms with Crippen LogP contribution in [0.5, 0.6) is 0 Å². The van der Waals surface area contributed by atoms with Gasteiger partial charge in [0.1, 0.15) is 6.04 Å². The first kappa shape index (κ1) is 12.4. The molecule has 0 spiro atoms. The van der Waals surface area contributed by atoms with Gasteiger partial charge in [-0.1, -0.05) is 30.3 Å². The molecule has 2 rings (SSSR count). The van der Waals surface area contributed by atoms with E-state index in [1.165, 1.54) is 4.90 Å². The number of carboxylic acid groups (broad SMARTS) is 1. The van der Waals surface area contributed by atoms with E-state index in [-0.39, 0.29) is 6.03 Å². The zero-order valence-corrected chi connectivity index (χ0v) is 10.0. The van der Waals surface area contributed by atoms with E-state index in [9.17, 15) is 14.7 Å². The van der Waals surface area contributed by atoms with Crippen molar-refractivity contribution in [3.63, 3.8) is 0 Å². The number of nitrogens with zero attached hydrogens (tertiary/aromatic N) is 1. The van der Waals surface area contributed by atoms with E-state index in [2.05, 4.69) is 5.32 Å². The molecule has 18 heavy (non-hydrogen) atoms. The number of rotatable bonds is 5. The lowest BCUT2D eigenvalue weighted by Gasteiger charge is -2.22. The minimum absolute atomic E-state index is 0.282. The summed E-state index contributed by atoms with van der Waals surface area (Å²) in [4.78, 5) is 24.1. The molecule has 5 nitrogen and oxygen atoms in total. The van der Waals surface area contributed by atoms with Crippen LogP contribution in [0.4, 0.5) is 4.79 Å². The third-order valence-electron chi connectivity index (χ3n) is 3.10. The van der Waals surface area contributed by atoms with Crippen molar-refractivity contribution in [1.29, 1.82) is 0 Å². The largest absolute Gasteiger partial charge is 0.480 e. The molecule has 96 valence electrons. The second-order valence-corrected chi connectivity index (χ2v) is 4.30. The molecular weight excluding hydrogens is 232 g/mol. The van der Waals surface area contributed by atoms with Gasteiger partial charge in [0.2, 0.25) is 0 Å². The minimum atomic E-state index is -0.942. The highest BCUT2D eigenvalue weighted by atomic mass is 16.4. The molecule has 1 aliphatic rings. The van der Waals surface area contributed by atoms with Crippen LogP contribution in [0, 0.1) is 0 Å². The average molecular weight is 248 g/mol. The van der Waals surface area contributed by atoms with Crippen molar-refractivity contribution in [2.24, 2.45) is 0 Å². The van der Waals surface area contributed by atoms with Gasteiger partial charge in [-0.15, -0.1) is 0 Å². The smallest absolute Gasteiger partial charge is 0.326 e. The van der Waals surface area contributed by atoms with Gasteiger partial charge in [0, 0.05) is 13.1 Å². The highest BCUT2D eigenvalue weighted by molar-refractivity contribution is 5.83. The lowest BCUT2D eigenvalue weighted by Crippen LogP contribution is -2.43. The SMILES string of the molecule is O=C(O)C(CCc1ccccc1)N1CCNC1=O. The van der Waals surface area contributed by atoms with Gasteiger partial charge in [0.15, 0.2) is 0 Å². The third-order valence-corrected chi connectivity index (χ3v) is 3.10. The van der Waals surface area contributed by atoms with Gasteiger partial charge in [0.05, 0.1) is 0 Å². The maximum atomic E-state index is 11.5. The quantitative estimate of drug-likeness (QED) is 0.819. The van der Waals surface area contributed by atoms with Gasteiger partial charge in [-0.05, 0) is 18.4 Å². The number of benzene rings is 1. The number of aryl methyl sites for hydroxylation is 1. The van der Waals surface area contributed by atoms with Gasteiger partial charge in [-0.3, -0.25) is 0 Å². The molecule has 0 aromatic heterocycles. The lowest BCUT2D eigenvalue weighted by molar-refractivity contribution is -0.142. The van der Waals surface area contributed by atoms with Crippen molar-refractivity contribution in [3.05, 3.63) is 35.9 Å². The van der Waals surface area contributed by atoms with Crippen LogP contribution < -0.4 is 5.32 Å². The summed E-state index contributed by atoms with van der Waals surface area (Å²) in [5.74, 6) is -0.942. The summed E-state index contributed by atoms with van der Waals surface area (Å²) in [5.41, 5.74) is 1.09. The van der Waals surface area contributed by atoms with Gasteiger partial charge in [-0.2, -0.15) is 0 Å². The van der Waals surface area contributed by atoms with E-state index in [1.54, 1.807) is 0 Å². The van der Waals surface area contributed by atoms with Crippen molar-refractivity contribution in [3.8, 4) is 0 Å². The van der Waals surface area contributed by atoms with Crippen LogP contribution in [0.3, 0.4) is 0 Å². The van der Waals surface area contributed by atoms with Gasteiger partial charge < -0.3 is 15.3 Å². The number of amides is 2. The van der Waals surface area contributed by atoms with Gasteiger partial charge in [0.25, 0.3) is 0 Å². The normalized spacial score (nSPS) is 16.4. The molecule has 2 N–H and O–H groups in total. The molecule has 0 bridgehead atoms. The molecule has 2 amide bonds. The van der Waals surface area contributed by atoms with E-state index in [0.29, 0.717) is 25.9 Å². The van der Waals surface area contributed by atoms with Gasteiger partial charge in [-0.25, -0.2) is 9.59 Å². The maximum Gasteiger partial charge on any atom is 0.326 e.